The molecule has 0 saturated carbocycles. The van der Waals surface area contributed by atoms with Crippen molar-refractivity contribution in [3.8, 4) is 11.5 Å². The number of likely N-dealkylation sites (tertiary alicyclic amines) is 2. The SMILES string of the molecule is COc1ccc(C2CCCN2C(=O)CN2CCCC2Cc2cccc(F)c2)cc1OC. The second-order valence-corrected chi connectivity index (χ2v) is 8.46. The van der Waals surface area contributed by atoms with Crippen LogP contribution in [0.25, 0.3) is 0 Å². The van der Waals surface area contributed by atoms with Crippen LogP contribution in [0.3, 0.4) is 0 Å². The minimum atomic E-state index is -0.201. The van der Waals surface area contributed by atoms with Crippen LogP contribution in [0, 0.1) is 5.82 Å². The number of nitrogens with zero attached hydrogens (tertiary/aromatic N) is 2. The Morgan fingerprint density at radius 3 is 2.61 bits per heavy atom. The van der Waals surface area contributed by atoms with Gasteiger partial charge >= 0.3 is 0 Å². The number of benzene rings is 2. The zero-order chi connectivity index (χ0) is 21.8. The molecule has 2 atom stereocenters. The molecule has 2 unspecified atom stereocenters. The summed E-state index contributed by atoms with van der Waals surface area (Å²) >= 11 is 0. The van der Waals surface area contributed by atoms with Crippen molar-refractivity contribution in [1.29, 1.82) is 0 Å². The molecule has 31 heavy (non-hydrogen) atoms. The summed E-state index contributed by atoms with van der Waals surface area (Å²) in [6.45, 7) is 2.12. The van der Waals surface area contributed by atoms with Gasteiger partial charge in [-0.2, -0.15) is 0 Å². The van der Waals surface area contributed by atoms with Crippen molar-refractivity contribution < 1.29 is 18.7 Å². The third-order valence-corrected chi connectivity index (χ3v) is 6.56. The Labute approximate surface area is 183 Å². The molecule has 0 N–H and O–H groups in total. The molecule has 2 aliphatic heterocycles. The third-order valence-electron chi connectivity index (χ3n) is 6.56. The molecule has 2 aromatic carbocycles. The normalized spacial score (nSPS) is 21.5. The molecular formula is C25H31FN2O3. The summed E-state index contributed by atoms with van der Waals surface area (Å²) < 4.78 is 24.4. The van der Waals surface area contributed by atoms with Gasteiger partial charge < -0.3 is 14.4 Å². The van der Waals surface area contributed by atoms with Crippen LogP contribution >= 0.6 is 0 Å². The lowest BCUT2D eigenvalue weighted by Crippen LogP contribution is -2.42. The van der Waals surface area contributed by atoms with Crippen LogP contribution in [0.5, 0.6) is 11.5 Å². The standard InChI is InChI=1S/C25H31FN2O3/c1-30-23-11-10-19(16-24(23)31-2)22-9-5-13-28(22)25(29)17-27-12-4-8-21(27)15-18-6-3-7-20(26)14-18/h3,6-7,10-11,14,16,21-22H,4-5,8-9,12-13,15,17H2,1-2H3. The molecule has 0 radical (unpaired) electrons. The van der Waals surface area contributed by atoms with Gasteiger partial charge in [-0.1, -0.05) is 18.2 Å². The lowest BCUT2D eigenvalue weighted by Gasteiger charge is -2.30. The highest BCUT2D eigenvalue weighted by molar-refractivity contribution is 5.79. The Balaban J connectivity index is 1.43. The van der Waals surface area contributed by atoms with E-state index in [1.165, 1.54) is 6.07 Å². The van der Waals surface area contributed by atoms with Gasteiger partial charge in [0.25, 0.3) is 0 Å². The molecule has 5 nitrogen and oxygen atoms in total. The van der Waals surface area contributed by atoms with Crippen molar-refractivity contribution in [2.45, 2.75) is 44.2 Å². The van der Waals surface area contributed by atoms with Gasteiger partial charge in [-0.15, -0.1) is 0 Å². The van der Waals surface area contributed by atoms with Crippen LogP contribution in [-0.4, -0.2) is 55.6 Å². The number of halogens is 1. The van der Waals surface area contributed by atoms with Crippen molar-refractivity contribution in [2.75, 3.05) is 33.9 Å². The molecule has 2 aliphatic rings. The summed E-state index contributed by atoms with van der Waals surface area (Å²) in [6.07, 6.45) is 4.85. The molecule has 0 aromatic heterocycles. The van der Waals surface area contributed by atoms with E-state index in [1.54, 1.807) is 26.4 Å². The van der Waals surface area contributed by atoms with Crippen molar-refractivity contribution in [1.82, 2.24) is 9.80 Å². The van der Waals surface area contributed by atoms with E-state index in [4.69, 9.17) is 9.47 Å². The second kappa shape index (κ2) is 9.69. The van der Waals surface area contributed by atoms with Gasteiger partial charge in [-0.05, 0) is 74.0 Å². The summed E-state index contributed by atoms with van der Waals surface area (Å²) in [6, 6.07) is 13.1. The summed E-state index contributed by atoms with van der Waals surface area (Å²) in [5.74, 6) is 1.35. The Morgan fingerprint density at radius 1 is 1.03 bits per heavy atom. The van der Waals surface area contributed by atoms with Crippen molar-refractivity contribution in [2.24, 2.45) is 0 Å². The number of ether oxygens (including phenoxy) is 2. The first-order valence-corrected chi connectivity index (χ1v) is 11.1. The van der Waals surface area contributed by atoms with E-state index in [0.717, 1.165) is 56.3 Å². The molecule has 0 aliphatic carbocycles. The number of amides is 1. The molecule has 2 heterocycles. The first-order chi connectivity index (χ1) is 15.1. The predicted octanol–water partition coefficient (Wildman–Crippen LogP) is 4.21. The minimum Gasteiger partial charge on any atom is -0.493 e. The van der Waals surface area contributed by atoms with E-state index in [1.807, 2.05) is 29.2 Å². The molecular weight excluding hydrogens is 395 g/mol. The highest BCUT2D eigenvalue weighted by Gasteiger charge is 2.33. The Morgan fingerprint density at radius 2 is 1.84 bits per heavy atom. The van der Waals surface area contributed by atoms with Gasteiger partial charge in [0, 0.05) is 12.6 Å². The van der Waals surface area contributed by atoms with Gasteiger partial charge in [-0.25, -0.2) is 4.39 Å². The maximum Gasteiger partial charge on any atom is 0.237 e. The van der Waals surface area contributed by atoms with Crippen LogP contribution in [-0.2, 0) is 11.2 Å². The van der Waals surface area contributed by atoms with Gasteiger partial charge in [0.1, 0.15) is 5.82 Å². The molecule has 6 heteroatoms. The van der Waals surface area contributed by atoms with Crippen LogP contribution in [0.4, 0.5) is 4.39 Å². The fraction of sp³-hybridized carbons (Fsp3) is 0.480. The molecule has 2 aromatic rings. The van der Waals surface area contributed by atoms with E-state index in [2.05, 4.69) is 4.90 Å². The van der Waals surface area contributed by atoms with E-state index < -0.39 is 0 Å². The molecule has 2 fully saturated rings. The van der Waals surface area contributed by atoms with Crippen LogP contribution < -0.4 is 9.47 Å². The number of carbonyl (C=O) groups excluding carboxylic acids is 1. The maximum atomic E-state index is 13.6. The van der Waals surface area contributed by atoms with E-state index in [9.17, 15) is 9.18 Å². The molecule has 1 amide bonds. The van der Waals surface area contributed by atoms with Crippen molar-refractivity contribution in [3.63, 3.8) is 0 Å². The minimum absolute atomic E-state index is 0.0663. The van der Waals surface area contributed by atoms with E-state index in [0.29, 0.717) is 18.0 Å². The fourth-order valence-corrected chi connectivity index (χ4v) is 5.01. The summed E-state index contributed by atoms with van der Waals surface area (Å²) in [5, 5.41) is 0. The monoisotopic (exact) mass is 426 g/mol. The highest BCUT2D eigenvalue weighted by atomic mass is 19.1. The number of methoxy groups -OCH3 is 2. The van der Waals surface area contributed by atoms with Crippen LogP contribution in [0.1, 0.15) is 42.9 Å². The van der Waals surface area contributed by atoms with E-state index in [-0.39, 0.29) is 23.8 Å². The fourth-order valence-electron chi connectivity index (χ4n) is 5.01. The summed E-state index contributed by atoms with van der Waals surface area (Å²) in [7, 11) is 3.25. The molecule has 166 valence electrons. The molecule has 2 saturated heterocycles. The number of hydrogen-bond acceptors (Lipinski definition) is 4. The number of rotatable bonds is 7. The Kier molecular flexibility index (Phi) is 6.76. The van der Waals surface area contributed by atoms with Crippen LogP contribution in [0.2, 0.25) is 0 Å². The zero-order valence-electron chi connectivity index (χ0n) is 18.4. The third kappa shape index (κ3) is 4.85. The molecule has 0 spiro atoms. The average molecular weight is 427 g/mol. The maximum absolute atomic E-state index is 13.6. The average Bonchev–Trinajstić information content (AvgIpc) is 3.43. The molecule has 4 rings (SSSR count). The smallest absolute Gasteiger partial charge is 0.237 e. The Hall–Kier alpha value is -2.60. The summed E-state index contributed by atoms with van der Waals surface area (Å²) in [4.78, 5) is 17.6. The zero-order valence-corrected chi connectivity index (χ0v) is 18.4. The second-order valence-electron chi connectivity index (χ2n) is 8.46. The van der Waals surface area contributed by atoms with Gasteiger partial charge in [0.05, 0.1) is 26.8 Å². The Bertz CT molecular complexity index is 919. The van der Waals surface area contributed by atoms with E-state index >= 15 is 0 Å². The number of hydrogen-bond donors (Lipinski definition) is 0. The first-order valence-electron chi connectivity index (χ1n) is 11.1. The van der Waals surface area contributed by atoms with Crippen molar-refractivity contribution >= 4 is 5.91 Å². The first kappa shape index (κ1) is 21.6. The quantitative estimate of drug-likeness (QED) is 0.665. The largest absolute Gasteiger partial charge is 0.493 e. The highest BCUT2D eigenvalue weighted by Crippen LogP contribution is 2.37. The van der Waals surface area contributed by atoms with Gasteiger partial charge in [0.15, 0.2) is 11.5 Å². The van der Waals surface area contributed by atoms with Crippen molar-refractivity contribution in [3.05, 3.63) is 59.4 Å². The topological polar surface area (TPSA) is 42.0 Å². The van der Waals surface area contributed by atoms with Gasteiger partial charge in [-0.3, -0.25) is 9.69 Å². The predicted molar refractivity (Wildman–Crippen MR) is 118 cm³/mol. The van der Waals surface area contributed by atoms with Gasteiger partial charge in [0.2, 0.25) is 5.91 Å². The van der Waals surface area contributed by atoms with Crippen LogP contribution in [0.15, 0.2) is 42.5 Å². The lowest BCUT2D eigenvalue weighted by atomic mass is 10.0. The lowest BCUT2D eigenvalue weighted by molar-refractivity contribution is -0.133. The number of carbonyl (C=O) groups is 1. The summed E-state index contributed by atoms with van der Waals surface area (Å²) in [5.41, 5.74) is 2.08. The molecule has 0 bridgehead atoms.